The molecule has 0 fully saturated rings. The molecule has 0 spiro atoms. The molecule has 2 aromatic rings. The Labute approximate surface area is 114 Å². The molecule has 0 atom stereocenters. The summed E-state index contributed by atoms with van der Waals surface area (Å²) >= 11 is 5.72. The van der Waals surface area contributed by atoms with Crippen LogP contribution in [-0.4, -0.2) is 16.2 Å². The highest BCUT2D eigenvalue weighted by molar-refractivity contribution is 6.34. The van der Waals surface area contributed by atoms with Crippen molar-refractivity contribution in [1.82, 2.24) is 10.3 Å². The van der Waals surface area contributed by atoms with E-state index >= 15 is 0 Å². The predicted octanol–water partition coefficient (Wildman–Crippen LogP) is 2.58. The molecule has 10 heteroatoms. The largest absolute Gasteiger partial charge is 0.416 e. The summed E-state index contributed by atoms with van der Waals surface area (Å²) in [5.74, 6) is -1.17. The molecule has 0 aliphatic heterocycles. The number of anilines is 2. The van der Waals surface area contributed by atoms with Gasteiger partial charge >= 0.3 is 6.18 Å². The highest BCUT2D eigenvalue weighted by atomic mass is 35.5. The third kappa shape index (κ3) is 2.82. The third-order valence-electron chi connectivity index (χ3n) is 2.27. The maximum Gasteiger partial charge on any atom is 0.416 e. The van der Waals surface area contributed by atoms with Crippen molar-refractivity contribution in [1.29, 1.82) is 0 Å². The van der Waals surface area contributed by atoms with Gasteiger partial charge in [0.25, 0.3) is 5.91 Å². The van der Waals surface area contributed by atoms with Crippen LogP contribution in [0.5, 0.6) is 0 Å². The van der Waals surface area contributed by atoms with E-state index in [1.165, 1.54) is 0 Å². The number of nitrogens with two attached hydrogens (primary N) is 1. The van der Waals surface area contributed by atoms with Crippen LogP contribution >= 0.6 is 11.6 Å². The Morgan fingerprint density at radius 2 is 2.05 bits per heavy atom. The number of rotatable bonds is 2. The number of benzene rings is 1. The van der Waals surface area contributed by atoms with Gasteiger partial charge < -0.3 is 11.1 Å². The molecular weight excluding hydrogens is 301 g/mol. The highest BCUT2D eigenvalue weighted by Crippen LogP contribution is 2.33. The van der Waals surface area contributed by atoms with Crippen molar-refractivity contribution >= 4 is 29.0 Å². The average molecular weight is 307 g/mol. The van der Waals surface area contributed by atoms with E-state index in [1.807, 2.05) is 0 Å². The van der Waals surface area contributed by atoms with Gasteiger partial charge in [0.2, 0.25) is 11.5 Å². The van der Waals surface area contributed by atoms with Crippen molar-refractivity contribution in [2.75, 3.05) is 11.1 Å². The van der Waals surface area contributed by atoms with E-state index in [1.54, 1.807) is 0 Å². The summed E-state index contributed by atoms with van der Waals surface area (Å²) in [4.78, 5) is 11.7. The number of carbonyl (C=O) groups excluding carboxylic acids is 1. The van der Waals surface area contributed by atoms with Crippen LogP contribution in [0.1, 0.15) is 16.1 Å². The average Bonchev–Trinajstić information content (AvgIpc) is 2.77. The normalized spacial score (nSPS) is 11.4. The van der Waals surface area contributed by atoms with Crippen LogP contribution in [-0.2, 0) is 6.18 Å². The van der Waals surface area contributed by atoms with Gasteiger partial charge in [-0.3, -0.25) is 4.79 Å². The molecule has 0 bridgehead atoms. The molecule has 1 aromatic heterocycles. The number of aromatic nitrogens is 2. The van der Waals surface area contributed by atoms with Crippen LogP contribution in [0.15, 0.2) is 22.8 Å². The van der Waals surface area contributed by atoms with E-state index < -0.39 is 17.6 Å². The third-order valence-corrected chi connectivity index (χ3v) is 2.60. The van der Waals surface area contributed by atoms with Crippen molar-refractivity contribution in [3.05, 3.63) is 34.5 Å². The lowest BCUT2D eigenvalue weighted by molar-refractivity contribution is -0.137. The number of carbonyl (C=O) groups is 1. The molecule has 0 unspecified atom stereocenters. The van der Waals surface area contributed by atoms with Gasteiger partial charge in [-0.25, -0.2) is 4.63 Å². The topological polar surface area (TPSA) is 94.0 Å². The molecule has 3 N–H and O–H groups in total. The number of nitrogens with zero attached hydrogens (tertiary/aromatic N) is 2. The molecule has 0 radical (unpaired) electrons. The molecule has 0 saturated heterocycles. The molecule has 0 saturated carbocycles. The van der Waals surface area contributed by atoms with Gasteiger partial charge in [0.1, 0.15) is 0 Å². The first kappa shape index (κ1) is 14.1. The Kier molecular flexibility index (Phi) is 3.53. The predicted molar refractivity (Wildman–Crippen MR) is 63.1 cm³/mol. The van der Waals surface area contributed by atoms with E-state index in [0.29, 0.717) is 6.07 Å². The summed E-state index contributed by atoms with van der Waals surface area (Å²) in [6, 6.07) is 2.51. The number of halogens is 4. The Morgan fingerprint density at radius 3 is 2.60 bits per heavy atom. The lowest BCUT2D eigenvalue weighted by Gasteiger charge is -2.10. The number of hydrogen-bond acceptors (Lipinski definition) is 5. The van der Waals surface area contributed by atoms with Gasteiger partial charge in [0.15, 0.2) is 0 Å². The van der Waals surface area contributed by atoms with Crippen molar-refractivity contribution in [2.24, 2.45) is 0 Å². The number of nitrogen functional groups attached to an aromatic ring is 1. The minimum Gasteiger partial charge on any atom is -0.379 e. The fourth-order valence-corrected chi connectivity index (χ4v) is 1.50. The number of amides is 1. The van der Waals surface area contributed by atoms with Crippen LogP contribution in [0.4, 0.5) is 24.7 Å². The standard InChI is InChI=1S/C10H6ClF3N4O2/c11-5-2-1-4(10(12,13)14)3-6(5)16-9(19)7-8(15)18-20-17-7/h1-3H,(H2,15,18)(H,16,19). The smallest absolute Gasteiger partial charge is 0.379 e. The highest BCUT2D eigenvalue weighted by Gasteiger charge is 2.31. The van der Waals surface area contributed by atoms with Crippen molar-refractivity contribution in [3.8, 4) is 0 Å². The Bertz CT molecular complexity index is 656. The summed E-state index contributed by atoms with van der Waals surface area (Å²) in [5, 5.41) is 8.49. The van der Waals surface area contributed by atoms with E-state index in [-0.39, 0.29) is 22.2 Å². The summed E-state index contributed by atoms with van der Waals surface area (Å²) in [7, 11) is 0. The first-order valence-corrected chi connectivity index (χ1v) is 5.43. The number of alkyl halides is 3. The second kappa shape index (κ2) is 5.00. The number of nitrogens with one attached hydrogen (secondary N) is 1. The quantitative estimate of drug-likeness (QED) is 0.889. The van der Waals surface area contributed by atoms with Gasteiger partial charge in [0.05, 0.1) is 16.3 Å². The zero-order valence-corrected chi connectivity index (χ0v) is 10.3. The van der Waals surface area contributed by atoms with Crippen LogP contribution in [0.3, 0.4) is 0 Å². The molecule has 20 heavy (non-hydrogen) atoms. The molecule has 1 heterocycles. The molecule has 1 amide bonds. The van der Waals surface area contributed by atoms with E-state index in [0.717, 1.165) is 12.1 Å². The van der Waals surface area contributed by atoms with E-state index in [2.05, 4.69) is 20.3 Å². The first-order valence-electron chi connectivity index (χ1n) is 5.05. The fraction of sp³-hybridized carbons (Fsp3) is 0.100. The maximum absolute atomic E-state index is 12.6. The Balaban J connectivity index is 2.30. The van der Waals surface area contributed by atoms with Gasteiger partial charge in [-0.05, 0) is 28.5 Å². The van der Waals surface area contributed by atoms with Gasteiger partial charge in [-0.1, -0.05) is 11.6 Å². The maximum atomic E-state index is 12.6. The van der Waals surface area contributed by atoms with Gasteiger partial charge in [-0.15, -0.1) is 0 Å². The second-order valence-corrected chi connectivity index (χ2v) is 4.05. The zero-order chi connectivity index (χ0) is 14.9. The summed E-state index contributed by atoms with van der Waals surface area (Å²) in [5.41, 5.74) is 3.76. The van der Waals surface area contributed by atoms with Crippen LogP contribution in [0.2, 0.25) is 5.02 Å². The molecule has 0 aliphatic rings. The van der Waals surface area contributed by atoms with Crippen molar-refractivity contribution in [3.63, 3.8) is 0 Å². The lowest BCUT2D eigenvalue weighted by atomic mass is 10.2. The van der Waals surface area contributed by atoms with Crippen LogP contribution in [0.25, 0.3) is 0 Å². The Hall–Kier alpha value is -2.29. The molecular formula is C10H6ClF3N4O2. The Morgan fingerprint density at radius 1 is 1.35 bits per heavy atom. The first-order chi connectivity index (χ1) is 9.29. The molecule has 1 aromatic carbocycles. The zero-order valence-electron chi connectivity index (χ0n) is 9.53. The van der Waals surface area contributed by atoms with Gasteiger partial charge in [0, 0.05) is 0 Å². The summed E-state index contributed by atoms with van der Waals surface area (Å²) in [6.07, 6.45) is -4.56. The molecule has 2 rings (SSSR count). The van der Waals surface area contributed by atoms with Crippen LogP contribution < -0.4 is 11.1 Å². The van der Waals surface area contributed by atoms with Crippen molar-refractivity contribution in [2.45, 2.75) is 6.18 Å². The monoisotopic (exact) mass is 306 g/mol. The minimum atomic E-state index is -4.56. The fourth-order valence-electron chi connectivity index (χ4n) is 1.33. The summed E-state index contributed by atoms with van der Waals surface area (Å²) < 4.78 is 41.9. The number of hydrogen-bond donors (Lipinski definition) is 2. The second-order valence-electron chi connectivity index (χ2n) is 3.64. The SMILES string of the molecule is Nc1nonc1C(=O)Nc1cc(C(F)(F)F)ccc1Cl. The lowest BCUT2D eigenvalue weighted by Crippen LogP contribution is -2.15. The van der Waals surface area contributed by atoms with Gasteiger partial charge in [-0.2, -0.15) is 13.2 Å². The van der Waals surface area contributed by atoms with E-state index in [9.17, 15) is 18.0 Å². The minimum absolute atomic E-state index is 0.0682. The van der Waals surface area contributed by atoms with Crippen LogP contribution in [0, 0.1) is 0 Å². The molecule has 106 valence electrons. The molecule has 0 aliphatic carbocycles. The van der Waals surface area contributed by atoms with E-state index in [4.69, 9.17) is 17.3 Å². The molecule has 6 nitrogen and oxygen atoms in total. The van der Waals surface area contributed by atoms with Crippen molar-refractivity contribution < 1.29 is 22.6 Å². The summed E-state index contributed by atoms with van der Waals surface area (Å²) in [6.45, 7) is 0.